The van der Waals surface area contributed by atoms with E-state index in [9.17, 15) is 0 Å². The maximum atomic E-state index is 7.44. The van der Waals surface area contributed by atoms with E-state index < -0.39 is 0 Å². The molecule has 1 N–H and O–H groups in total. The van der Waals surface area contributed by atoms with Gasteiger partial charge in [0.1, 0.15) is 0 Å². The molecule has 0 radical (unpaired) electrons. The molecule has 0 saturated heterocycles. The lowest BCUT2D eigenvalue weighted by Crippen LogP contribution is -1.58. The normalized spacial score (nSPS) is 8.50. The first kappa shape index (κ1) is 8.62. The lowest BCUT2D eigenvalue weighted by atomic mass is 10.5. The van der Waals surface area contributed by atoms with Gasteiger partial charge in [0, 0.05) is 18.6 Å². The predicted molar refractivity (Wildman–Crippen MR) is 40.2 cm³/mol. The molecule has 0 fully saturated rings. The Labute approximate surface area is 60.0 Å². The lowest BCUT2D eigenvalue weighted by Gasteiger charge is -1.70. The van der Waals surface area contributed by atoms with Crippen molar-refractivity contribution in [1.29, 1.82) is 0 Å². The van der Waals surface area contributed by atoms with Crippen LogP contribution in [-0.2, 0) is 0 Å². The van der Waals surface area contributed by atoms with Crippen molar-refractivity contribution in [3.05, 3.63) is 30.6 Å². The summed E-state index contributed by atoms with van der Waals surface area (Å²) in [6, 6.07) is 5.72. The molecule has 0 aliphatic heterocycles. The highest BCUT2D eigenvalue weighted by Crippen LogP contribution is 1.73. The summed E-state index contributed by atoms with van der Waals surface area (Å²) in [6.07, 6.45) is 4.81. The van der Waals surface area contributed by atoms with Crippen LogP contribution < -0.4 is 0 Å². The van der Waals surface area contributed by atoms with Crippen LogP contribution in [0.25, 0.3) is 0 Å². The van der Waals surface area contributed by atoms with Gasteiger partial charge in [-0.1, -0.05) is 6.07 Å². The Morgan fingerprint density at radius 1 is 1.30 bits per heavy atom. The molecule has 3 nitrogen and oxygen atoms in total. The van der Waals surface area contributed by atoms with Gasteiger partial charge in [0.25, 0.3) is 0 Å². The summed E-state index contributed by atoms with van der Waals surface area (Å²) in [6.45, 7) is 1.64. The van der Waals surface area contributed by atoms with E-state index in [0.29, 0.717) is 0 Å². The number of oxime groups is 1. The molecule has 0 aromatic carbocycles. The molecule has 0 saturated carbocycles. The molecule has 1 heterocycles. The summed E-state index contributed by atoms with van der Waals surface area (Å²) >= 11 is 0. The van der Waals surface area contributed by atoms with Crippen molar-refractivity contribution < 1.29 is 5.21 Å². The Hall–Kier alpha value is -1.38. The smallest absolute Gasteiger partial charge is 0.0404 e. The lowest BCUT2D eigenvalue weighted by molar-refractivity contribution is 0.321. The zero-order valence-corrected chi connectivity index (χ0v) is 5.81. The fourth-order valence-corrected chi connectivity index (χ4v) is 0.313. The Morgan fingerprint density at radius 2 is 1.80 bits per heavy atom. The van der Waals surface area contributed by atoms with E-state index in [2.05, 4.69) is 10.1 Å². The van der Waals surface area contributed by atoms with Crippen LogP contribution in [-0.4, -0.2) is 16.4 Å². The molecule has 10 heavy (non-hydrogen) atoms. The molecule has 54 valence electrons. The maximum absolute atomic E-state index is 7.44. The molecule has 0 spiro atoms. The van der Waals surface area contributed by atoms with Gasteiger partial charge in [-0.05, 0) is 19.1 Å². The van der Waals surface area contributed by atoms with E-state index in [1.54, 1.807) is 19.3 Å². The molecular weight excluding hydrogens is 128 g/mol. The van der Waals surface area contributed by atoms with Crippen LogP contribution in [0.1, 0.15) is 6.92 Å². The molecule has 0 aliphatic carbocycles. The Kier molecular flexibility index (Phi) is 6.57. The van der Waals surface area contributed by atoms with Crippen LogP contribution in [0.15, 0.2) is 35.7 Å². The van der Waals surface area contributed by atoms with E-state index >= 15 is 0 Å². The second-order valence-corrected chi connectivity index (χ2v) is 1.40. The summed E-state index contributed by atoms with van der Waals surface area (Å²) in [7, 11) is 0. The Balaban J connectivity index is 0.000000180. The van der Waals surface area contributed by atoms with E-state index in [1.807, 2.05) is 18.2 Å². The van der Waals surface area contributed by atoms with Crippen molar-refractivity contribution >= 4 is 6.21 Å². The molecule has 0 aliphatic rings. The minimum atomic E-state index is 1.31. The molecule has 1 aromatic heterocycles. The summed E-state index contributed by atoms with van der Waals surface area (Å²) in [5.74, 6) is 0. The minimum absolute atomic E-state index is 1.31. The Morgan fingerprint density at radius 3 is 1.90 bits per heavy atom. The second-order valence-electron chi connectivity index (χ2n) is 1.40. The third kappa shape index (κ3) is 6.62. The van der Waals surface area contributed by atoms with Crippen LogP contribution in [0.5, 0.6) is 0 Å². The van der Waals surface area contributed by atoms with Gasteiger partial charge in [-0.2, -0.15) is 0 Å². The highest BCUT2D eigenvalue weighted by molar-refractivity contribution is 5.51. The highest BCUT2D eigenvalue weighted by Gasteiger charge is 1.58. The summed E-state index contributed by atoms with van der Waals surface area (Å²) in [4.78, 5) is 3.78. The quantitative estimate of drug-likeness (QED) is 0.336. The third-order valence-electron chi connectivity index (χ3n) is 0.682. The first-order valence-corrected chi connectivity index (χ1v) is 2.89. The zero-order chi connectivity index (χ0) is 7.66. The SMILES string of the molecule is CC=NO.c1ccncc1. The first-order chi connectivity index (χ1) is 4.91. The molecule has 0 amide bonds. The van der Waals surface area contributed by atoms with Crippen molar-refractivity contribution in [2.75, 3.05) is 0 Å². The van der Waals surface area contributed by atoms with Crippen molar-refractivity contribution in [3.8, 4) is 0 Å². The number of pyridine rings is 1. The van der Waals surface area contributed by atoms with Gasteiger partial charge in [0.05, 0.1) is 0 Å². The number of rotatable bonds is 0. The molecule has 1 rings (SSSR count). The molecule has 0 unspecified atom stereocenters. The fraction of sp³-hybridized carbons (Fsp3) is 0.143. The van der Waals surface area contributed by atoms with Crippen molar-refractivity contribution in [2.45, 2.75) is 6.92 Å². The summed E-state index contributed by atoms with van der Waals surface area (Å²) in [5.41, 5.74) is 0. The van der Waals surface area contributed by atoms with E-state index in [0.717, 1.165) is 0 Å². The molecule has 3 heteroatoms. The molecule has 0 atom stereocenters. The average Bonchev–Trinajstić information content (AvgIpc) is 2.08. The summed E-state index contributed by atoms with van der Waals surface area (Å²) in [5, 5.41) is 10.1. The molecular formula is C7H10N2O. The van der Waals surface area contributed by atoms with Crippen molar-refractivity contribution in [2.24, 2.45) is 5.16 Å². The highest BCUT2D eigenvalue weighted by atomic mass is 16.4. The average molecular weight is 138 g/mol. The van der Waals surface area contributed by atoms with Crippen LogP contribution in [0.3, 0.4) is 0 Å². The number of hydrogen-bond acceptors (Lipinski definition) is 3. The van der Waals surface area contributed by atoms with Crippen LogP contribution in [0.2, 0.25) is 0 Å². The topological polar surface area (TPSA) is 45.5 Å². The van der Waals surface area contributed by atoms with Gasteiger partial charge in [0.15, 0.2) is 0 Å². The van der Waals surface area contributed by atoms with Crippen molar-refractivity contribution in [3.63, 3.8) is 0 Å². The largest absolute Gasteiger partial charge is 0.411 e. The zero-order valence-electron chi connectivity index (χ0n) is 5.81. The maximum Gasteiger partial charge on any atom is 0.0404 e. The van der Waals surface area contributed by atoms with Gasteiger partial charge >= 0.3 is 0 Å². The summed E-state index contributed by atoms with van der Waals surface area (Å²) < 4.78 is 0. The first-order valence-electron chi connectivity index (χ1n) is 2.89. The number of aromatic nitrogens is 1. The third-order valence-corrected chi connectivity index (χ3v) is 0.682. The monoisotopic (exact) mass is 138 g/mol. The minimum Gasteiger partial charge on any atom is -0.411 e. The van der Waals surface area contributed by atoms with Gasteiger partial charge in [0.2, 0.25) is 0 Å². The van der Waals surface area contributed by atoms with Gasteiger partial charge < -0.3 is 5.21 Å². The standard InChI is InChI=1S/C5H5N.C2H5NO/c1-2-4-6-5-3-1;1-2-3-4/h1-5H;2,4H,1H3. The fourth-order valence-electron chi connectivity index (χ4n) is 0.313. The Bertz CT molecular complexity index is 132. The predicted octanol–water partition coefficient (Wildman–Crippen LogP) is 1.55. The second kappa shape index (κ2) is 7.62. The van der Waals surface area contributed by atoms with Crippen LogP contribution in [0.4, 0.5) is 0 Å². The van der Waals surface area contributed by atoms with Crippen molar-refractivity contribution in [1.82, 2.24) is 4.98 Å². The number of nitrogens with zero attached hydrogens (tertiary/aromatic N) is 2. The van der Waals surface area contributed by atoms with E-state index in [4.69, 9.17) is 5.21 Å². The van der Waals surface area contributed by atoms with E-state index in [-0.39, 0.29) is 0 Å². The van der Waals surface area contributed by atoms with Crippen LogP contribution in [0, 0.1) is 0 Å². The molecule has 0 bridgehead atoms. The van der Waals surface area contributed by atoms with E-state index in [1.165, 1.54) is 6.21 Å². The number of hydrogen-bond donors (Lipinski definition) is 1. The van der Waals surface area contributed by atoms with Crippen LogP contribution >= 0.6 is 0 Å². The van der Waals surface area contributed by atoms with Gasteiger partial charge in [-0.3, -0.25) is 4.98 Å². The van der Waals surface area contributed by atoms with Gasteiger partial charge in [-0.15, -0.1) is 5.16 Å². The van der Waals surface area contributed by atoms with Gasteiger partial charge in [-0.25, -0.2) is 0 Å². The molecule has 1 aromatic rings.